The second-order valence-electron chi connectivity index (χ2n) is 24.1. The van der Waals surface area contributed by atoms with Gasteiger partial charge in [0.25, 0.3) is 0 Å². The van der Waals surface area contributed by atoms with Gasteiger partial charge in [-0.05, 0) is 88.4 Å². The summed E-state index contributed by atoms with van der Waals surface area (Å²) < 4.78 is 63.2. The molecule has 6 aliphatic heterocycles. The maximum Gasteiger partial charge on any atom is 0.522 e. The van der Waals surface area contributed by atoms with Crippen LogP contribution in [0.4, 0.5) is 13.2 Å². The minimum absolute atomic E-state index is 0.00963. The lowest BCUT2D eigenvalue weighted by Gasteiger charge is -2.64. The Morgan fingerprint density at radius 2 is 1.64 bits per heavy atom. The van der Waals surface area contributed by atoms with Crippen LogP contribution in [0, 0.1) is 57.2 Å². The van der Waals surface area contributed by atoms with E-state index in [-0.39, 0.29) is 67.7 Å². The Hall–Kier alpha value is -1.67. The van der Waals surface area contributed by atoms with Crippen LogP contribution in [0.1, 0.15) is 126 Å². The molecule has 10 aliphatic rings. The molecule has 4 saturated carbocycles. The van der Waals surface area contributed by atoms with E-state index in [0.29, 0.717) is 65.5 Å². The van der Waals surface area contributed by atoms with Crippen molar-refractivity contribution in [3.05, 3.63) is 0 Å². The molecule has 69 heavy (non-hydrogen) atoms. The Bertz CT molecular complexity index is 1870. The van der Waals surface area contributed by atoms with Crippen LogP contribution in [0.15, 0.2) is 4.99 Å². The molecule has 6 N–H and O–H groups in total. The number of hydrogen-bond acceptors (Lipinski definition) is 15. The van der Waals surface area contributed by atoms with Crippen molar-refractivity contribution in [2.75, 3.05) is 39.3 Å². The number of ether oxygens (including phenoxy) is 4. The topological polar surface area (TPSA) is 169 Å². The SMILES string of the molecule is CC1SC2C(C(C3CCC(OC4CC5(CCN(C6NCC(C(=O)NC7C(C)(C)C(OC8CCC(C#N)C(OC(F)(F)F)C8)C7(C)C)CN6)CC5)C4)CC3)=N[C@@H](CC3NCCO3)C3NNC(C)N23)C1C. The van der Waals surface area contributed by atoms with Crippen molar-refractivity contribution in [3.8, 4) is 6.07 Å². The van der Waals surface area contributed by atoms with Gasteiger partial charge in [-0.3, -0.25) is 40.3 Å². The van der Waals surface area contributed by atoms with Gasteiger partial charge in [-0.15, -0.1) is 24.9 Å². The third kappa shape index (κ3) is 10.2. The number of carbonyl (C=O) groups is 1. The number of thioether (sulfide) groups is 1. The van der Waals surface area contributed by atoms with Crippen molar-refractivity contribution in [1.29, 1.82) is 5.26 Å². The van der Waals surface area contributed by atoms with Crippen LogP contribution >= 0.6 is 11.8 Å². The van der Waals surface area contributed by atoms with Crippen LogP contribution in [-0.4, -0.2) is 145 Å². The van der Waals surface area contributed by atoms with E-state index in [1.807, 2.05) is 33.8 Å². The number of likely N-dealkylation sites (tertiary alicyclic amines) is 1. The number of nitrogens with one attached hydrogen (secondary N) is 6. The van der Waals surface area contributed by atoms with Gasteiger partial charge in [0.1, 0.15) is 12.5 Å². The van der Waals surface area contributed by atoms with Gasteiger partial charge in [0.15, 0.2) is 0 Å². The molecule has 1 spiro atoms. The first-order valence-corrected chi connectivity index (χ1v) is 27.6. The van der Waals surface area contributed by atoms with E-state index in [0.717, 1.165) is 84.0 Å². The molecule has 15 nitrogen and oxygen atoms in total. The van der Waals surface area contributed by atoms with Gasteiger partial charge in [0.05, 0.1) is 78.8 Å². The highest BCUT2D eigenvalue weighted by Gasteiger charge is 2.64. The smallest absolute Gasteiger partial charge is 0.375 e. The molecule has 6 heterocycles. The maximum atomic E-state index is 13.7. The minimum Gasteiger partial charge on any atom is -0.375 e. The molecule has 10 rings (SSSR count). The number of carbonyl (C=O) groups excluding carboxylic acids is 1. The molecule has 1 amide bonds. The minimum atomic E-state index is -4.81. The number of nitriles is 1. The lowest BCUT2D eigenvalue weighted by Crippen LogP contribution is -2.75. The van der Waals surface area contributed by atoms with Crippen LogP contribution in [0.2, 0.25) is 0 Å². The maximum absolute atomic E-state index is 13.7. The van der Waals surface area contributed by atoms with Crippen LogP contribution in [0.3, 0.4) is 0 Å². The van der Waals surface area contributed by atoms with Gasteiger partial charge in [0, 0.05) is 79.3 Å². The molecule has 0 aromatic rings. The highest BCUT2D eigenvalue weighted by atomic mass is 32.2. The van der Waals surface area contributed by atoms with E-state index in [4.69, 9.17) is 19.2 Å². The molecule has 5 saturated heterocycles. The monoisotopic (exact) mass is 991 g/mol. The van der Waals surface area contributed by atoms with Crippen LogP contribution in [-0.2, 0) is 23.7 Å². The fourth-order valence-corrected chi connectivity index (χ4v) is 17.0. The van der Waals surface area contributed by atoms with Gasteiger partial charge < -0.3 is 19.5 Å². The van der Waals surface area contributed by atoms with Crippen molar-refractivity contribution in [2.45, 2.75) is 210 Å². The molecule has 0 aromatic carbocycles. The van der Waals surface area contributed by atoms with Gasteiger partial charge >= 0.3 is 6.36 Å². The summed E-state index contributed by atoms with van der Waals surface area (Å²) in [5, 5.41) is 24.6. The van der Waals surface area contributed by atoms with Crippen molar-refractivity contribution in [3.63, 3.8) is 0 Å². The summed E-state index contributed by atoms with van der Waals surface area (Å²) in [7, 11) is 0. The summed E-state index contributed by atoms with van der Waals surface area (Å²) >= 11 is 2.15. The number of piperidine rings is 1. The second kappa shape index (κ2) is 19.9. The fourth-order valence-electron chi connectivity index (χ4n) is 15.2. The number of fused-ring (bicyclic) bond motifs is 3. The molecule has 10 unspecified atom stereocenters. The number of hydrazine groups is 1. The van der Waals surface area contributed by atoms with E-state index < -0.39 is 35.3 Å². The predicted molar refractivity (Wildman–Crippen MR) is 257 cm³/mol. The average Bonchev–Trinajstić information content (AvgIpc) is 4.02. The molecular weight excluding hydrogens is 910 g/mol. The summed E-state index contributed by atoms with van der Waals surface area (Å²) in [5.74, 6) is 0.464. The van der Waals surface area contributed by atoms with E-state index in [1.165, 1.54) is 5.71 Å². The summed E-state index contributed by atoms with van der Waals surface area (Å²) in [6, 6.07) is 1.93. The Morgan fingerprint density at radius 3 is 2.29 bits per heavy atom. The molecule has 4 aliphatic carbocycles. The van der Waals surface area contributed by atoms with Gasteiger partial charge in [-0.2, -0.15) is 5.26 Å². The molecule has 11 atom stereocenters. The number of hydrogen-bond donors (Lipinski definition) is 6. The number of alkyl halides is 3. The number of aliphatic imine (C=N–C) groups is 1. The van der Waals surface area contributed by atoms with Crippen molar-refractivity contribution in [1.82, 2.24) is 41.9 Å². The first-order valence-electron chi connectivity index (χ1n) is 26.7. The molecule has 0 radical (unpaired) electrons. The number of nitrogens with zero attached hydrogens (tertiary/aromatic N) is 4. The van der Waals surface area contributed by atoms with Gasteiger partial charge in [-0.1, -0.05) is 41.5 Å². The lowest BCUT2D eigenvalue weighted by molar-refractivity contribution is -0.353. The summed E-state index contributed by atoms with van der Waals surface area (Å²) in [6.45, 7) is 20.2. The van der Waals surface area contributed by atoms with Crippen molar-refractivity contribution >= 4 is 23.4 Å². The molecule has 9 fully saturated rings. The third-order valence-electron chi connectivity index (χ3n) is 18.9. The van der Waals surface area contributed by atoms with Crippen LogP contribution in [0.25, 0.3) is 0 Å². The van der Waals surface area contributed by atoms with Crippen molar-refractivity contribution in [2.24, 2.45) is 50.8 Å². The largest absolute Gasteiger partial charge is 0.522 e. The van der Waals surface area contributed by atoms with E-state index in [9.17, 15) is 23.2 Å². The summed E-state index contributed by atoms with van der Waals surface area (Å²) in [5.41, 5.74) is 8.17. The zero-order valence-electron chi connectivity index (χ0n) is 42.0. The normalized spacial score (nSPS) is 44.5. The number of rotatable bonds is 11. The first-order chi connectivity index (χ1) is 32.8. The van der Waals surface area contributed by atoms with Crippen LogP contribution < -0.4 is 32.1 Å². The zero-order valence-corrected chi connectivity index (χ0v) is 42.8. The lowest BCUT2D eigenvalue weighted by atomic mass is 9.49. The number of halogens is 3. The summed E-state index contributed by atoms with van der Waals surface area (Å²) in [4.78, 5) is 24.7. The summed E-state index contributed by atoms with van der Waals surface area (Å²) in [6.07, 6.45) is 5.20. The Kier molecular flexibility index (Phi) is 14.6. The molecule has 388 valence electrons. The predicted octanol–water partition coefficient (Wildman–Crippen LogP) is 5.39. The standard InChI is InChI=1S/C50H81F3N10O5S/c1-27-28(2)69-43-39(27)40(58-36(21-38-55-16-19-65-38)41-61-60-29(3)63(41)43)30-8-11-33(12-9-30)66-35-22-49(23-35)14-17-62(18-15-49)46-56-25-32(26-57-46)42(64)59-44-47(4,5)45(48(44,6)7)67-34-13-10-31(24-54)37(20-34)68-50(51,52)53/h27-39,41,43-46,55-57,60-61H,8-23,25-26H2,1-7H3,(H,59,64)/t27?,28?,29?,30?,31?,32?,33?,34?,36-,37?,38?,39?,41?,43?,44?,45?,46?/m0/s1. The van der Waals surface area contributed by atoms with E-state index in [2.05, 4.69) is 79.2 Å². The Balaban J connectivity index is 0.654. The quantitative estimate of drug-likeness (QED) is 0.156. The number of amides is 1. The average molecular weight is 991 g/mol. The Morgan fingerprint density at radius 1 is 0.942 bits per heavy atom. The fraction of sp³-hybridized carbons (Fsp3) is 0.940. The van der Waals surface area contributed by atoms with E-state index in [1.54, 1.807) is 0 Å². The first kappa shape index (κ1) is 50.8. The third-order valence-corrected chi connectivity index (χ3v) is 20.6. The highest BCUT2D eigenvalue weighted by Crippen LogP contribution is 2.57. The Labute approximate surface area is 412 Å². The molecule has 0 bridgehead atoms. The van der Waals surface area contributed by atoms with Gasteiger partial charge in [0.2, 0.25) is 5.91 Å². The highest BCUT2D eigenvalue weighted by molar-refractivity contribution is 8.00. The molecule has 0 aromatic heterocycles. The van der Waals surface area contributed by atoms with Gasteiger partial charge in [-0.25, -0.2) is 10.9 Å². The zero-order chi connectivity index (χ0) is 48.6. The molecular formula is C50H81F3N10O5S. The van der Waals surface area contributed by atoms with Crippen molar-refractivity contribution < 1.29 is 36.9 Å². The molecule has 19 heteroatoms. The second-order valence-corrected chi connectivity index (χ2v) is 25.6. The van der Waals surface area contributed by atoms with Crippen LogP contribution in [0.5, 0.6) is 0 Å². The van der Waals surface area contributed by atoms with E-state index >= 15 is 0 Å².